The molecule has 0 aliphatic carbocycles. The van der Waals surface area contributed by atoms with Crippen molar-refractivity contribution in [2.45, 2.75) is 0 Å². The van der Waals surface area contributed by atoms with Gasteiger partial charge >= 0.3 is 58.1 Å². The minimum atomic E-state index is -0.719. The average molecular weight is 232 g/mol. The summed E-state index contributed by atoms with van der Waals surface area (Å²) in [5.41, 5.74) is 0. The van der Waals surface area contributed by atoms with Crippen molar-refractivity contribution in [3.63, 3.8) is 0 Å². The van der Waals surface area contributed by atoms with Crippen LogP contribution < -0.4 is 0 Å². The van der Waals surface area contributed by atoms with Crippen LogP contribution in [0.4, 0.5) is 0 Å². The van der Waals surface area contributed by atoms with Gasteiger partial charge in [-0.05, 0) is 0 Å². The van der Waals surface area contributed by atoms with E-state index in [0.29, 0.717) is 0 Å². The van der Waals surface area contributed by atoms with Crippen LogP contribution in [-0.4, -0.2) is 0 Å². The van der Waals surface area contributed by atoms with E-state index in [1.165, 1.54) is 0 Å². The summed E-state index contributed by atoms with van der Waals surface area (Å²) < 4.78 is 21.9. The Kier molecular flexibility index (Phi) is 35.3. The second-order valence-corrected chi connectivity index (χ2v) is 1.35. The quantitative estimate of drug-likeness (QED) is 0.605. The van der Waals surface area contributed by atoms with Crippen molar-refractivity contribution in [3.8, 4) is 0 Å². The van der Waals surface area contributed by atoms with Gasteiger partial charge in [-0.2, -0.15) is 0 Å². The van der Waals surface area contributed by atoms with Gasteiger partial charge < -0.3 is 5.48 Å². The molecule has 0 fully saturated rings. The summed E-state index contributed by atoms with van der Waals surface area (Å²) in [6, 6.07) is 0. The molecule has 0 rings (SSSR count). The van der Waals surface area contributed by atoms with Gasteiger partial charge in [0.2, 0.25) is 0 Å². The Morgan fingerprint density at radius 1 is 1.14 bits per heavy atom. The van der Waals surface area contributed by atoms with Gasteiger partial charge in [-0.25, -0.2) is 0 Å². The monoisotopic (exact) mass is 232 g/mol. The number of hydrogen-bond acceptors (Lipinski definition) is 3. The van der Waals surface area contributed by atoms with Gasteiger partial charge in [0, 0.05) is 0 Å². The van der Waals surface area contributed by atoms with Crippen molar-refractivity contribution in [1.82, 2.24) is 0 Å². The van der Waals surface area contributed by atoms with Crippen LogP contribution >= 0.6 is 0 Å². The van der Waals surface area contributed by atoms with Gasteiger partial charge in [0.15, 0.2) is 0 Å². The molecule has 7 heavy (non-hydrogen) atoms. The zero-order chi connectivity index (χ0) is 4.12. The standard InChI is InChI=1S/3Fe.4O/q;;+2;;;;-2. The molecule has 0 unspecified atom stereocenters. The minimum absolute atomic E-state index is 0. The Balaban J connectivity index is -0.0000000800. The van der Waals surface area contributed by atoms with Gasteiger partial charge in [0.25, 0.3) is 0 Å². The fourth-order valence-corrected chi connectivity index (χ4v) is 0.145. The molecule has 0 aromatic rings. The van der Waals surface area contributed by atoms with E-state index in [9.17, 15) is 0 Å². The van der Waals surface area contributed by atoms with Gasteiger partial charge in [-0.3, -0.25) is 0 Å². The third kappa shape index (κ3) is 19.3. The van der Waals surface area contributed by atoms with Crippen LogP contribution in [0.1, 0.15) is 0 Å². The molecular weight excluding hydrogens is 232 g/mol. The molecule has 0 N–H and O–H groups in total. The number of rotatable bonds is 2. The molecule has 0 amide bonds. The molecule has 0 aliphatic rings. The molecule has 0 atom stereocenters. The van der Waals surface area contributed by atoms with Crippen LogP contribution in [0.15, 0.2) is 0 Å². The van der Waals surface area contributed by atoms with Crippen LogP contribution in [0.5, 0.6) is 0 Å². The molecule has 0 saturated carbocycles. The first-order valence-corrected chi connectivity index (χ1v) is 2.38. The van der Waals surface area contributed by atoms with E-state index in [0.717, 1.165) is 0 Å². The Morgan fingerprint density at radius 2 is 1.43 bits per heavy atom. The molecule has 0 aromatic heterocycles. The Bertz CT molecular complexity index is 36.2. The van der Waals surface area contributed by atoms with Crippen LogP contribution in [0.2, 0.25) is 0 Å². The van der Waals surface area contributed by atoms with Crippen LogP contribution in [0, 0.1) is 0 Å². The summed E-state index contributed by atoms with van der Waals surface area (Å²) in [5, 5.41) is 0. The predicted octanol–water partition coefficient (Wildman–Crippen LogP) is -0.432. The van der Waals surface area contributed by atoms with Gasteiger partial charge in [-0.1, -0.05) is 0 Å². The molecule has 0 heterocycles. The summed E-state index contributed by atoms with van der Waals surface area (Å²) >= 11 is -1.44. The van der Waals surface area contributed by atoms with Crippen molar-refractivity contribution >= 4 is 0 Å². The average Bonchev–Trinajstić information content (AvgIpc) is 1.41. The Morgan fingerprint density at radius 3 is 1.43 bits per heavy atom. The third-order valence-corrected chi connectivity index (χ3v) is 0.708. The van der Waals surface area contributed by atoms with Crippen LogP contribution in [0.3, 0.4) is 0 Å². The molecule has 7 heteroatoms. The van der Waals surface area contributed by atoms with E-state index < -0.39 is 30.4 Å². The maximum absolute atomic E-state index is 9.11. The summed E-state index contributed by atoms with van der Waals surface area (Å²) in [6.45, 7) is 0. The molecular formula is Fe3O4. The Hall–Kier alpha value is 1.08. The second-order valence-electron chi connectivity index (χ2n) is 0.169. The first-order valence-electron chi connectivity index (χ1n) is 0.577. The third-order valence-electron chi connectivity index (χ3n) is 0.0417. The first kappa shape index (κ1) is 15.7. The molecule has 48 valence electrons. The van der Waals surface area contributed by atoms with E-state index in [1.807, 2.05) is 0 Å². The normalized spacial score (nSPS) is 5.71. The topological polar surface area (TPSA) is 71.9 Å². The van der Waals surface area contributed by atoms with E-state index >= 15 is 0 Å². The number of hydrogen-bond donors (Lipinski definition) is 0. The first-order chi connectivity index (χ1) is 2.41. The molecule has 0 aromatic carbocycles. The van der Waals surface area contributed by atoms with E-state index in [2.05, 4.69) is 2.90 Å². The maximum atomic E-state index is 9.11. The van der Waals surface area contributed by atoms with Crippen LogP contribution in [-0.2, 0) is 63.6 Å². The fraction of sp³-hybridized carbons (Fsp3) is 0. The SMILES string of the molecule is [Fe+2].[O-2].[O]=[Fe][O][Fe]=[O]. The molecule has 0 bridgehead atoms. The summed E-state index contributed by atoms with van der Waals surface area (Å²) in [7, 11) is 0. The van der Waals surface area contributed by atoms with Crippen molar-refractivity contribution in [3.05, 3.63) is 0 Å². The molecule has 0 aliphatic heterocycles. The van der Waals surface area contributed by atoms with Gasteiger partial charge in [0.1, 0.15) is 0 Å². The van der Waals surface area contributed by atoms with Crippen molar-refractivity contribution in [1.29, 1.82) is 0 Å². The zero-order valence-electron chi connectivity index (χ0n) is 2.69. The van der Waals surface area contributed by atoms with E-state index in [-0.39, 0.29) is 22.5 Å². The van der Waals surface area contributed by atoms with Crippen molar-refractivity contribution < 1.29 is 63.6 Å². The summed E-state index contributed by atoms with van der Waals surface area (Å²) in [5.74, 6) is 0. The fourth-order valence-electron chi connectivity index (χ4n) is 0.00851. The van der Waals surface area contributed by atoms with Crippen LogP contribution in [0.25, 0.3) is 0 Å². The zero-order valence-corrected chi connectivity index (χ0v) is 6.01. The summed E-state index contributed by atoms with van der Waals surface area (Å²) in [6.07, 6.45) is 0. The predicted molar refractivity (Wildman–Crippen MR) is 3.14 cm³/mol. The Labute approximate surface area is 63.5 Å². The molecule has 0 saturated heterocycles. The van der Waals surface area contributed by atoms with Crippen molar-refractivity contribution in [2.75, 3.05) is 0 Å². The van der Waals surface area contributed by atoms with Gasteiger partial charge in [-0.15, -0.1) is 0 Å². The van der Waals surface area contributed by atoms with E-state index in [4.69, 9.17) is 7.67 Å². The molecule has 0 spiro atoms. The molecule has 0 radical (unpaired) electrons. The van der Waals surface area contributed by atoms with Crippen molar-refractivity contribution in [2.24, 2.45) is 0 Å². The summed E-state index contributed by atoms with van der Waals surface area (Å²) in [4.78, 5) is 0. The van der Waals surface area contributed by atoms with E-state index in [1.54, 1.807) is 0 Å². The van der Waals surface area contributed by atoms with Gasteiger partial charge in [0.05, 0.1) is 0 Å². The second kappa shape index (κ2) is 15.7. The molecule has 4 nitrogen and oxygen atoms in total.